The Morgan fingerprint density at radius 1 is 1.29 bits per heavy atom. The van der Waals surface area contributed by atoms with Crippen LogP contribution in [0.15, 0.2) is 30.3 Å². The van der Waals surface area contributed by atoms with Gasteiger partial charge in [-0.3, -0.25) is 0 Å². The maximum atomic E-state index is 12.2. The summed E-state index contributed by atoms with van der Waals surface area (Å²) in [6.07, 6.45) is -3.78. The van der Waals surface area contributed by atoms with Crippen molar-refractivity contribution < 1.29 is 27.8 Å². The van der Waals surface area contributed by atoms with Crippen molar-refractivity contribution in [3.05, 3.63) is 41.5 Å². The Bertz CT molecular complexity index is 432. The zero-order chi connectivity index (χ0) is 13.1. The van der Waals surface area contributed by atoms with Crippen molar-refractivity contribution in [2.24, 2.45) is 0 Å². The molecule has 0 atom stereocenters. The van der Waals surface area contributed by atoms with Crippen LogP contribution in [0.1, 0.15) is 11.1 Å². The van der Waals surface area contributed by atoms with Gasteiger partial charge in [0.1, 0.15) is 0 Å². The van der Waals surface area contributed by atoms with E-state index in [-0.39, 0.29) is 5.56 Å². The fraction of sp³-hybridized carbons (Fsp3) is 0.182. The predicted molar refractivity (Wildman–Crippen MR) is 51.4 cm³/mol. The fourth-order valence-corrected chi connectivity index (χ4v) is 1.07. The number of halogens is 3. The summed E-state index contributed by atoms with van der Waals surface area (Å²) in [5.41, 5.74) is -0.865. The standard InChI is InChI=1S/C11H9F3O3/c1-17-10(16)6-9(15)7-2-4-8(5-3-7)11(12,13)14/h2-6,15H,1H3/p-1/b9-6-. The van der Waals surface area contributed by atoms with E-state index in [0.29, 0.717) is 6.08 Å². The second-order valence-electron chi connectivity index (χ2n) is 3.11. The first-order valence-electron chi connectivity index (χ1n) is 4.49. The lowest BCUT2D eigenvalue weighted by Gasteiger charge is -2.13. The van der Waals surface area contributed by atoms with Crippen LogP contribution < -0.4 is 5.11 Å². The van der Waals surface area contributed by atoms with Crippen LogP contribution in [0, 0.1) is 0 Å². The number of hydrogen-bond donors (Lipinski definition) is 0. The number of rotatable bonds is 2. The van der Waals surface area contributed by atoms with Crippen molar-refractivity contribution in [2.75, 3.05) is 7.11 Å². The Kier molecular flexibility index (Phi) is 3.77. The molecule has 0 radical (unpaired) electrons. The van der Waals surface area contributed by atoms with Crippen LogP contribution in [-0.4, -0.2) is 13.1 Å². The highest BCUT2D eigenvalue weighted by Crippen LogP contribution is 2.29. The molecule has 92 valence electrons. The van der Waals surface area contributed by atoms with Crippen molar-refractivity contribution in [2.45, 2.75) is 6.18 Å². The van der Waals surface area contributed by atoms with Gasteiger partial charge in [-0.1, -0.05) is 17.9 Å². The molecule has 1 aromatic rings. The van der Waals surface area contributed by atoms with Crippen LogP contribution >= 0.6 is 0 Å². The molecule has 0 aliphatic rings. The number of hydrogen-bond acceptors (Lipinski definition) is 3. The van der Waals surface area contributed by atoms with Gasteiger partial charge in [-0.2, -0.15) is 13.2 Å². The number of carbonyl (C=O) groups is 1. The number of ether oxygens (including phenoxy) is 1. The first-order chi connectivity index (χ1) is 7.84. The van der Waals surface area contributed by atoms with Gasteiger partial charge in [-0.25, -0.2) is 4.79 Å². The van der Waals surface area contributed by atoms with Gasteiger partial charge in [0, 0.05) is 6.08 Å². The molecule has 1 rings (SSSR count). The van der Waals surface area contributed by atoms with E-state index in [1.165, 1.54) is 0 Å². The molecular formula is C11H8F3O3-. The molecule has 0 aromatic heterocycles. The minimum atomic E-state index is -4.45. The van der Waals surface area contributed by atoms with Gasteiger partial charge in [0.2, 0.25) is 0 Å². The van der Waals surface area contributed by atoms with Gasteiger partial charge >= 0.3 is 12.1 Å². The van der Waals surface area contributed by atoms with Crippen LogP contribution in [0.2, 0.25) is 0 Å². The number of esters is 1. The van der Waals surface area contributed by atoms with Crippen LogP contribution in [0.5, 0.6) is 0 Å². The molecule has 0 unspecified atom stereocenters. The van der Waals surface area contributed by atoms with Crippen molar-refractivity contribution in [3.63, 3.8) is 0 Å². The summed E-state index contributed by atoms with van der Waals surface area (Å²) >= 11 is 0. The van der Waals surface area contributed by atoms with E-state index >= 15 is 0 Å². The normalized spacial score (nSPS) is 12.4. The molecule has 0 spiro atoms. The number of methoxy groups -OCH3 is 1. The highest BCUT2D eigenvalue weighted by atomic mass is 19.4. The van der Waals surface area contributed by atoms with E-state index in [2.05, 4.69) is 4.74 Å². The fourth-order valence-electron chi connectivity index (χ4n) is 1.07. The van der Waals surface area contributed by atoms with Crippen molar-refractivity contribution in [1.29, 1.82) is 0 Å². The number of carbonyl (C=O) groups excluding carboxylic acids is 1. The highest BCUT2D eigenvalue weighted by molar-refractivity contribution is 5.88. The summed E-state index contributed by atoms with van der Waals surface area (Å²) in [4.78, 5) is 10.7. The molecular weight excluding hydrogens is 237 g/mol. The van der Waals surface area contributed by atoms with Crippen LogP contribution in [0.25, 0.3) is 5.76 Å². The Morgan fingerprint density at radius 2 is 1.82 bits per heavy atom. The zero-order valence-electron chi connectivity index (χ0n) is 8.75. The van der Waals surface area contributed by atoms with Crippen LogP contribution in [0.4, 0.5) is 13.2 Å². The summed E-state index contributed by atoms with van der Waals surface area (Å²) < 4.78 is 40.9. The average molecular weight is 245 g/mol. The van der Waals surface area contributed by atoms with Crippen LogP contribution in [-0.2, 0) is 15.7 Å². The second-order valence-corrected chi connectivity index (χ2v) is 3.11. The van der Waals surface area contributed by atoms with Crippen LogP contribution in [0.3, 0.4) is 0 Å². The molecule has 0 bridgehead atoms. The third kappa shape index (κ3) is 3.51. The van der Waals surface area contributed by atoms with E-state index in [9.17, 15) is 23.1 Å². The summed E-state index contributed by atoms with van der Waals surface area (Å²) in [6.45, 7) is 0. The summed E-state index contributed by atoms with van der Waals surface area (Å²) in [5, 5.41) is 11.3. The predicted octanol–water partition coefficient (Wildman–Crippen LogP) is 1.58. The quantitative estimate of drug-likeness (QED) is 0.451. The van der Waals surface area contributed by atoms with Gasteiger partial charge in [-0.05, 0) is 17.7 Å². The van der Waals surface area contributed by atoms with Gasteiger partial charge in [0.05, 0.1) is 12.7 Å². The molecule has 0 amide bonds. The van der Waals surface area contributed by atoms with Crippen molar-refractivity contribution >= 4 is 11.7 Å². The maximum Gasteiger partial charge on any atom is 0.416 e. The van der Waals surface area contributed by atoms with E-state index in [0.717, 1.165) is 31.4 Å². The molecule has 1 aromatic carbocycles. The Hall–Kier alpha value is -1.98. The van der Waals surface area contributed by atoms with Crippen molar-refractivity contribution in [1.82, 2.24) is 0 Å². The molecule has 0 aliphatic carbocycles. The lowest BCUT2D eigenvalue weighted by molar-refractivity contribution is -0.244. The maximum absolute atomic E-state index is 12.2. The average Bonchev–Trinajstić information content (AvgIpc) is 2.27. The number of alkyl halides is 3. The van der Waals surface area contributed by atoms with E-state index < -0.39 is 23.5 Å². The lowest BCUT2D eigenvalue weighted by atomic mass is 10.1. The molecule has 3 nitrogen and oxygen atoms in total. The molecule has 6 heteroatoms. The SMILES string of the molecule is COC(=O)/C=C(\[O-])c1ccc(C(F)(F)F)cc1. The molecule has 0 saturated carbocycles. The smallest absolute Gasteiger partial charge is 0.416 e. The van der Waals surface area contributed by atoms with Gasteiger partial charge in [-0.15, -0.1) is 0 Å². The lowest BCUT2D eigenvalue weighted by Crippen LogP contribution is -2.08. The van der Waals surface area contributed by atoms with Crippen molar-refractivity contribution in [3.8, 4) is 0 Å². The summed E-state index contributed by atoms with van der Waals surface area (Å²) in [5.74, 6) is -1.56. The van der Waals surface area contributed by atoms with Gasteiger partial charge in [0.25, 0.3) is 0 Å². The Balaban J connectivity index is 2.96. The first-order valence-corrected chi connectivity index (χ1v) is 4.49. The largest absolute Gasteiger partial charge is 0.872 e. The monoisotopic (exact) mass is 245 g/mol. The van der Waals surface area contributed by atoms with Gasteiger partial charge < -0.3 is 9.84 Å². The minimum absolute atomic E-state index is 0.0107. The molecule has 17 heavy (non-hydrogen) atoms. The zero-order valence-corrected chi connectivity index (χ0v) is 8.75. The molecule has 0 saturated heterocycles. The second kappa shape index (κ2) is 4.90. The Labute approximate surface area is 95.1 Å². The third-order valence-corrected chi connectivity index (χ3v) is 1.95. The minimum Gasteiger partial charge on any atom is -0.872 e. The highest BCUT2D eigenvalue weighted by Gasteiger charge is 2.29. The molecule has 0 heterocycles. The van der Waals surface area contributed by atoms with E-state index in [1.54, 1.807) is 0 Å². The number of benzene rings is 1. The van der Waals surface area contributed by atoms with E-state index in [4.69, 9.17) is 0 Å². The van der Waals surface area contributed by atoms with E-state index in [1.807, 2.05) is 0 Å². The molecule has 0 aliphatic heterocycles. The topological polar surface area (TPSA) is 49.4 Å². The molecule has 0 N–H and O–H groups in total. The summed E-state index contributed by atoms with van der Waals surface area (Å²) in [6, 6.07) is 3.56. The molecule has 0 fully saturated rings. The summed E-state index contributed by atoms with van der Waals surface area (Å²) in [7, 11) is 1.10. The first kappa shape index (κ1) is 13.1. The van der Waals surface area contributed by atoms with Gasteiger partial charge in [0.15, 0.2) is 0 Å². The third-order valence-electron chi connectivity index (χ3n) is 1.95. The Morgan fingerprint density at radius 3 is 2.24 bits per heavy atom.